The van der Waals surface area contributed by atoms with Crippen LogP contribution in [0.15, 0.2) is 36.7 Å². The van der Waals surface area contributed by atoms with Gasteiger partial charge in [-0.2, -0.15) is 13.2 Å². The molecule has 26 heavy (non-hydrogen) atoms. The fourth-order valence-electron chi connectivity index (χ4n) is 3.66. The van der Waals surface area contributed by atoms with Crippen LogP contribution in [0.4, 0.5) is 19.0 Å². The van der Waals surface area contributed by atoms with E-state index in [4.69, 9.17) is 0 Å². The predicted octanol–water partition coefficient (Wildman–Crippen LogP) is 4.30. The highest BCUT2D eigenvalue weighted by Gasteiger charge is 2.33. The van der Waals surface area contributed by atoms with Crippen molar-refractivity contribution in [1.82, 2.24) is 14.9 Å². The predicted molar refractivity (Wildman–Crippen MR) is 94.8 cm³/mol. The van der Waals surface area contributed by atoms with Gasteiger partial charge in [0.2, 0.25) is 0 Å². The SMILES string of the molecule is Cc1cc(NCC2CCCN(C)C2c2ccc(C(F)(F)F)cc2)ncn1. The van der Waals surface area contributed by atoms with Crippen molar-refractivity contribution in [1.29, 1.82) is 0 Å². The minimum atomic E-state index is -4.30. The van der Waals surface area contributed by atoms with E-state index in [1.807, 2.05) is 20.0 Å². The summed E-state index contributed by atoms with van der Waals surface area (Å²) in [5.41, 5.74) is 1.21. The van der Waals surface area contributed by atoms with E-state index < -0.39 is 11.7 Å². The number of rotatable bonds is 4. The summed E-state index contributed by atoms with van der Waals surface area (Å²) >= 11 is 0. The molecule has 1 saturated heterocycles. The van der Waals surface area contributed by atoms with Crippen LogP contribution in [-0.4, -0.2) is 35.0 Å². The van der Waals surface area contributed by atoms with Crippen molar-refractivity contribution in [3.63, 3.8) is 0 Å². The summed E-state index contributed by atoms with van der Waals surface area (Å²) in [6, 6.07) is 7.54. The van der Waals surface area contributed by atoms with Crippen molar-refractivity contribution < 1.29 is 13.2 Å². The molecule has 4 nitrogen and oxygen atoms in total. The standard InChI is InChI=1S/C19H23F3N4/c1-13-10-17(25-12-24-13)23-11-15-4-3-9-26(2)18(15)14-5-7-16(8-6-14)19(20,21)22/h5-8,10,12,15,18H,3-4,9,11H2,1-2H3,(H,23,24,25). The first-order valence-electron chi connectivity index (χ1n) is 8.74. The van der Waals surface area contributed by atoms with Crippen LogP contribution in [0, 0.1) is 12.8 Å². The molecule has 2 atom stereocenters. The van der Waals surface area contributed by atoms with Gasteiger partial charge in [-0.25, -0.2) is 9.97 Å². The van der Waals surface area contributed by atoms with E-state index in [9.17, 15) is 13.2 Å². The molecule has 1 fully saturated rings. The molecule has 0 radical (unpaired) electrons. The van der Waals surface area contributed by atoms with Gasteiger partial charge in [0.1, 0.15) is 12.1 Å². The molecule has 1 aromatic carbocycles. The van der Waals surface area contributed by atoms with Crippen LogP contribution < -0.4 is 5.32 Å². The molecule has 1 N–H and O–H groups in total. The Morgan fingerprint density at radius 3 is 2.58 bits per heavy atom. The minimum absolute atomic E-state index is 0.0847. The van der Waals surface area contributed by atoms with E-state index in [2.05, 4.69) is 20.2 Å². The highest BCUT2D eigenvalue weighted by atomic mass is 19.4. The molecular weight excluding hydrogens is 341 g/mol. The molecule has 3 rings (SSSR count). The molecule has 1 aromatic heterocycles. The van der Waals surface area contributed by atoms with Crippen LogP contribution in [0.5, 0.6) is 0 Å². The summed E-state index contributed by atoms with van der Waals surface area (Å²) < 4.78 is 38.5. The lowest BCUT2D eigenvalue weighted by atomic mass is 9.84. The molecule has 0 spiro atoms. The van der Waals surface area contributed by atoms with Gasteiger partial charge in [0.05, 0.1) is 5.56 Å². The van der Waals surface area contributed by atoms with Crippen molar-refractivity contribution in [2.45, 2.75) is 32.0 Å². The normalized spacial score (nSPS) is 21.6. The Bertz CT molecular complexity index is 730. The average Bonchev–Trinajstić information content (AvgIpc) is 2.59. The van der Waals surface area contributed by atoms with Gasteiger partial charge in [0, 0.05) is 24.3 Å². The third kappa shape index (κ3) is 4.33. The number of benzene rings is 1. The lowest BCUT2D eigenvalue weighted by molar-refractivity contribution is -0.137. The molecule has 1 aliphatic rings. The van der Waals surface area contributed by atoms with Crippen LogP contribution in [0.1, 0.15) is 35.7 Å². The molecule has 0 bridgehead atoms. The highest BCUT2D eigenvalue weighted by molar-refractivity contribution is 5.35. The van der Waals surface area contributed by atoms with E-state index in [0.29, 0.717) is 12.5 Å². The summed E-state index contributed by atoms with van der Waals surface area (Å²) in [7, 11) is 2.03. The van der Waals surface area contributed by atoms with Crippen molar-refractivity contribution in [2.75, 3.05) is 25.5 Å². The van der Waals surface area contributed by atoms with Gasteiger partial charge >= 0.3 is 6.18 Å². The lowest BCUT2D eigenvalue weighted by Gasteiger charge is -2.40. The zero-order valence-electron chi connectivity index (χ0n) is 14.9. The Balaban J connectivity index is 1.75. The first-order chi connectivity index (χ1) is 12.3. The smallest absolute Gasteiger partial charge is 0.370 e. The number of anilines is 1. The molecule has 1 aliphatic heterocycles. The van der Waals surface area contributed by atoms with Gasteiger partial charge in [0.25, 0.3) is 0 Å². The average molecular weight is 364 g/mol. The minimum Gasteiger partial charge on any atom is -0.370 e. The zero-order chi connectivity index (χ0) is 18.7. The van der Waals surface area contributed by atoms with Gasteiger partial charge in [-0.15, -0.1) is 0 Å². The molecule has 2 aromatic rings. The molecule has 2 unspecified atom stereocenters. The van der Waals surface area contributed by atoms with Crippen molar-refractivity contribution >= 4 is 5.82 Å². The maximum Gasteiger partial charge on any atom is 0.416 e. The van der Waals surface area contributed by atoms with Gasteiger partial charge < -0.3 is 5.32 Å². The molecule has 7 heteroatoms. The zero-order valence-corrected chi connectivity index (χ0v) is 14.9. The van der Waals surface area contributed by atoms with Crippen LogP contribution in [-0.2, 0) is 6.18 Å². The van der Waals surface area contributed by atoms with Crippen molar-refractivity contribution in [3.05, 3.63) is 53.5 Å². The van der Waals surface area contributed by atoms with E-state index in [1.165, 1.54) is 18.5 Å². The Morgan fingerprint density at radius 2 is 1.92 bits per heavy atom. The van der Waals surface area contributed by atoms with Crippen molar-refractivity contribution in [2.24, 2.45) is 5.92 Å². The monoisotopic (exact) mass is 364 g/mol. The summed E-state index contributed by atoms with van der Waals surface area (Å²) in [4.78, 5) is 10.5. The summed E-state index contributed by atoms with van der Waals surface area (Å²) in [6.45, 7) is 3.56. The molecule has 0 aliphatic carbocycles. The Morgan fingerprint density at radius 1 is 1.19 bits per heavy atom. The van der Waals surface area contributed by atoms with Gasteiger partial charge in [-0.1, -0.05) is 12.1 Å². The quantitative estimate of drug-likeness (QED) is 0.878. The molecule has 140 valence electrons. The Labute approximate surface area is 151 Å². The summed E-state index contributed by atoms with van der Waals surface area (Å²) in [5.74, 6) is 1.07. The number of aromatic nitrogens is 2. The number of halogens is 3. The van der Waals surface area contributed by atoms with E-state index >= 15 is 0 Å². The first kappa shape index (κ1) is 18.6. The molecule has 0 saturated carbocycles. The van der Waals surface area contributed by atoms with Crippen LogP contribution >= 0.6 is 0 Å². The lowest BCUT2D eigenvalue weighted by Crippen LogP contribution is -2.39. The van der Waals surface area contributed by atoms with Crippen molar-refractivity contribution in [3.8, 4) is 0 Å². The van der Waals surface area contributed by atoms with Crippen LogP contribution in [0.3, 0.4) is 0 Å². The second kappa shape index (κ2) is 7.61. The van der Waals surface area contributed by atoms with E-state index in [1.54, 1.807) is 12.1 Å². The second-order valence-electron chi connectivity index (χ2n) is 6.87. The number of likely N-dealkylation sites (tertiary alicyclic amines) is 1. The Hall–Kier alpha value is -2.15. The maximum atomic E-state index is 12.8. The van der Waals surface area contributed by atoms with Crippen LogP contribution in [0.25, 0.3) is 0 Å². The summed E-state index contributed by atoms with van der Waals surface area (Å²) in [5, 5.41) is 3.35. The summed E-state index contributed by atoms with van der Waals surface area (Å²) in [6.07, 6.45) is -0.684. The Kier molecular flexibility index (Phi) is 5.46. The number of nitrogens with zero attached hydrogens (tertiary/aromatic N) is 3. The number of aryl methyl sites for hydroxylation is 1. The van der Waals surface area contributed by atoms with Gasteiger partial charge in [-0.05, 0) is 57.0 Å². The largest absolute Gasteiger partial charge is 0.416 e. The molecule has 0 amide bonds. The topological polar surface area (TPSA) is 41.0 Å². The molecular formula is C19H23F3N4. The van der Waals surface area contributed by atoms with Gasteiger partial charge in [0.15, 0.2) is 0 Å². The second-order valence-corrected chi connectivity index (χ2v) is 6.87. The van der Waals surface area contributed by atoms with Crippen LogP contribution in [0.2, 0.25) is 0 Å². The fourth-order valence-corrected chi connectivity index (χ4v) is 3.66. The maximum absolute atomic E-state index is 12.8. The number of alkyl halides is 3. The third-order valence-corrected chi connectivity index (χ3v) is 4.94. The van der Waals surface area contributed by atoms with Gasteiger partial charge in [-0.3, -0.25) is 4.90 Å². The van der Waals surface area contributed by atoms with E-state index in [0.717, 1.165) is 36.5 Å². The number of piperidine rings is 1. The third-order valence-electron chi connectivity index (χ3n) is 4.94. The van der Waals surface area contributed by atoms with E-state index in [-0.39, 0.29) is 6.04 Å². The fraction of sp³-hybridized carbons (Fsp3) is 0.474. The molecule has 2 heterocycles. The first-order valence-corrected chi connectivity index (χ1v) is 8.74. The highest BCUT2D eigenvalue weighted by Crippen LogP contribution is 2.37. The number of nitrogens with one attached hydrogen (secondary N) is 1. The number of hydrogen-bond acceptors (Lipinski definition) is 4. The number of hydrogen-bond donors (Lipinski definition) is 1.